The molecule has 2 aliphatic rings. The van der Waals surface area contributed by atoms with Gasteiger partial charge in [0.25, 0.3) is 23.6 Å². The fourth-order valence-electron chi connectivity index (χ4n) is 4.18. The third-order valence-corrected chi connectivity index (χ3v) is 5.96. The first-order valence-corrected chi connectivity index (χ1v) is 10.2. The van der Waals surface area contributed by atoms with Crippen molar-refractivity contribution in [3.05, 3.63) is 93.5 Å². The molecule has 10 nitrogen and oxygen atoms in total. The van der Waals surface area contributed by atoms with Gasteiger partial charge in [-0.3, -0.25) is 19.2 Å². The van der Waals surface area contributed by atoms with Crippen LogP contribution < -0.4 is 9.80 Å². The van der Waals surface area contributed by atoms with E-state index >= 15 is 0 Å². The third kappa shape index (κ3) is 3.11. The van der Waals surface area contributed by atoms with Crippen LogP contribution in [0.1, 0.15) is 67.7 Å². The molecule has 2 heterocycles. The van der Waals surface area contributed by atoms with Crippen LogP contribution in [-0.4, -0.2) is 45.8 Å². The van der Waals surface area contributed by atoms with Crippen molar-refractivity contribution < 1.29 is 39.0 Å². The number of rotatable bonds is 4. The summed E-state index contributed by atoms with van der Waals surface area (Å²) in [5, 5.41) is 18.4. The summed E-state index contributed by atoms with van der Waals surface area (Å²) in [6.45, 7) is 1.63. The van der Waals surface area contributed by atoms with Gasteiger partial charge in [0, 0.05) is 0 Å². The number of nitrogens with zero attached hydrogens (tertiary/aromatic N) is 2. The van der Waals surface area contributed by atoms with Crippen LogP contribution in [0.3, 0.4) is 0 Å². The summed E-state index contributed by atoms with van der Waals surface area (Å²) in [7, 11) is 0. The van der Waals surface area contributed by atoms with Crippen LogP contribution in [-0.2, 0) is 0 Å². The number of hydrogen-bond acceptors (Lipinski definition) is 6. The van der Waals surface area contributed by atoms with Gasteiger partial charge < -0.3 is 10.2 Å². The average Bonchev–Trinajstić information content (AvgIpc) is 3.23. The second-order valence-corrected chi connectivity index (χ2v) is 7.99. The van der Waals surface area contributed by atoms with Gasteiger partial charge in [0.05, 0.1) is 44.8 Å². The number of aryl methyl sites for hydroxylation is 1. The van der Waals surface area contributed by atoms with E-state index in [4.69, 9.17) is 0 Å². The number of imide groups is 2. The highest BCUT2D eigenvalue weighted by molar-refractivity contribution is 6.36. The van der Waals surface area contributed by atoms with Crippen molar-refractivity contribution in [2.75, 3.05) is 9.80 Å². The largest absolute Gasteiger partial charge is 0.478 e. The van der Waals surface area contributed by atoms with Gasteiger partial charge in [-0.1, -0.05) is 6.07 Å². The average molecular weight is 470 g/mol. The Balaban J connectivity index is 1.56. The Labute approximate surface area is 196 Å². The van der Waals surface area contributed by atoms with E-state index in [0.717, 1.165) is 21.9 Å². The highest BCUT2D eigenvalue weighted by Crippen LogP contribution is 2.36. The fourth-order valence-corrected chi connectivity index (χ4v) is 4.18. The Morgan fingerprint density at radius 1 is 0.600 bits per heavy atom. The smallest absolute Gasteiger partial charge is 0.335 e. The van der Waals surface area contributed by atoms with Crippen molar-refractivity contribution in [1.29, 1.82) is 0 Å². The molecule has 4 amide bonds. The van der Waals surface area contributed by atoms with Gasteiger partial charge in [-0.15, -0.1) is 0 Å². The molecule has 2 N–H and O–H groups in total. The molecule has 172 valence electrons. The molecule has 0 aromatic heterocycles. The molecule has 0 spiro atoms. The number of hydrogen-bond donors (Lipinski definition) is 2. The monoisotopic (exact) mass is 470 g/mol. The number of carboxylic acids is 2. The third-order valence-electron chi connectivity index (χ3n) is 5.96. The lowest BCUT2D eigenvalue weighted by Crippen LogP contribution is -2.32. The van der Waals surface area contributed by atoms with Gasteiger partial charge >= 0.3 is 11.9 Å². The maximum Gasteiger partial charge on any atom is 0.335 e. The lowest BCUT2D eigenvalue weighted by Gasteiger charge is -2.20. The Morgan fingerprint density at radius 3 is 1.57 bits per heavy atom. The van der Waals surface area contributed by atoms with E-state index in [2.05, 4.69) is 0 Å². The molecular weight excluding hydrogens is 456 g/mol. The lowest BCUT2D eigenvalue weighted by molar-refractivity contribution is 0.0686. The molecule has 0 aliphatic carbocycles. The lowest BCUT2D eigenvalue weighted by atomic mass is 10.1. The van der Waals surface area contributed by atoms with Crippen molar-refractivity contribution in [2.45, 2.75) is 6.92 Å². The normalized spacial score (nSPS) is 14.4. The van der Waals surface area contributed by atoms with Crippen LogP contribution in [0.5, 0.6) is 0 Å². The molecule has 5 rings (SSSR count). The fraction of sp³-hybridized carbons (Fsp3) is 0.0400. The first-order chi connectivity index (χ1) is 16.6. The molecule has 0 radical (unpaired) electrons. The van der Waals surface area contributed by atoms with E-state index in [1.165, 1.54) is 42.5 Å². The molecule has 0 saturated heterocycles. The van der Waals surface area contributed by atoms with Crippen LogP contribution in [0.4, 0.5) is 11.4 Å². The molecule has 3 aromatic rings. The van der Waals surface area contributed by atoms with Crippen LogP contribution in [0.15, 0.2) is 54.6 Å². The second kappa shape index (κ2) is 7.45. The molecule has 0 unspecified atom stereocenters. The predicted octanol–water partition coefficient (Wildman–Crippen LogP) is 2.99. The minimum atomic E-state index is -1.25. The topological polar surface area (TPSA) is 149 Å². The molecule has 0 saturated carbocycles. The van der Waals surface area contributed by atoms with Gasteiger partial charge in [-0.2, -0.15) is 0 Å². The van der Waals surface area contributed by atoms with Crippen LogP contribution >= 0.6 is 0 Å². The van der Waals surface area contributed by atoms with Gasteiger partial charge in [0.15, 0.2) is 0 Å². The maximum atomic E-state index is 13.1. The Morgan fingerprint density at radius 2 is 1.06 bits per heavy atom. The summed E-state index contributed by atoms with van der Waals surface area (Å²) in [6, 6.07) is 11.6. The molecule has 3 aromatic carbocycles. The molecule has 10 heteroatoms. The molecule has 0 fully saturated rings. The maximum absolute atomic E-state index is 13.1. The Bertz CT molecular complexity index is 1560. The van der Waals surface area contributed by atoms with E-state index in [1.807, 2.05) is 0 Å². The van der Waals surface area contributed by atoms with Crippen LogP contribution in [0.25, 0.3) is 0 Å². The van der Waals surface area contributed by atoms with Gasteiger partial charge in [0.2, 0.25) is 0 Å². The number of benzene rings is 3. The van der Waals surface area contributed by atoms with Crippen LogP contribution in [0, 0.1) is 6.92 Å². The van der Waals surface area contributed by atoms with E-state index in [-0.39, 0.29) is 44.8 Å². The van der Waals surface area contributed by atoms with Gasteiger partial charge in [0.1, 0.15) is 0 Å². The number of amides is 4. The minimum absolute atomic E-state index is 0.0315. The molecule has 0 atom stereocenters. The summed E-state index contributed by atoms with van der Waals surface area (Å²) >= 11 is 0. The number of carboxylic acid groups (broad SMARTS) is 2. The highest BCUT2D eigenvalue weighted by atomic mass is 16.4. The zero-order chi connectivity index (χ0) is 25.2. The summed E-state index contributed by atoms with van der Waals surface area (Å²) < 4.78 is 0. The highest BCUT2D eigenvalue weighted by Gasteiger charge is 2.40. The zero-order valence-corrected chi connectivity index (χ0v) is 17.9. The van der Waals surface area contributed by atoms with Gasteiger partial charge in [-0.25, -0.2) is 19.4 Å². The Kier molecular flexibility index (Phi) is 4.62. The number of carbonyl (C=O) groups is 6. The summed E-state index contributed by atoms with van der Waals surface area (Å²) in [5.41, 5.74) is 0.319. The van der Waals surface area contributed by atoms with Crippen LogP contribution in [0.2, 0.25) is 0 Å². The van der Waals surface area contributed by atoms with E-state index in [9.17, 15) is 39.0 Å². The van der Waals surface area contributed by atoms with E-state index in [1.54, 1.807) is 6.92 Å². The molecular formula is C25H14N2O8. The zero-order valence-electron chi connectivity index (χ0n) is 17.9. The Hall–Kier alpha value is -5.12. The second-order valence-electron chi connectivity index (χ2n) is 7.99. The quantitative estimate of drug-likeness (QED) is 0.553. The van der Waals surface area contributed by atoms with Crippen molar-refractivity contribution in [1.82, 2.24) is 0 Å². The number of fused-ring (bicyclic) bond motifs is 2. The first kappa shape index (κ1) is 21.7. The summed E-state index contributed by atoms with van der Waals surface area (Å²) in [4.78, 5) is 76.4. The van der Waals surface area contributed by atoms with E-state index < -0.39 is 35.6 Å². The SMILES string of the molecule is Cc1ccc(N2C(=O)c3ccc(C(=O)O)cc3C2=O)cc1N1C(=O)c2ccc(C(=O)O)cc2C1=O. The van der Waals surface area contributed by atoms with Gasteiger partial charge in [-0.05, 0) is 61.0 Å². The van der Waals surface area contributed by atoms with E-state index in [0.29, 0.717) is 5.56 Å². The standard InChI is InChI=1S/C25H14N2O8/c1-11-2-5-14(26-20(28)15-6-3-12(24(32)33)8-17(15)22(26)30)10-19(11)27-21(29)16-7-4-13(25(34)35)9-18(16)23(27)31/h2-10H,1H3,(H,32,33)(H,34,35). The minimum Gasteiger partial charge on any atom is -0.478 e. The molecule has 35 heavy (non-hydrogen) atoms. The van der Waals surface area contributed by atoms with Crippen molar-refractivity contribution in [3.63, 3.8) is 0 Å². The summed E-state index contributed by atoms with van der Waals surface area (Å²) in [6.07, 6.45) is 0. The van der Waals surface area contributed by atoms with Crippen molar-refractivity contribution in [2.24, 2.45) is 0 Å². The van der Waals surface area contributed by atoms with Crippen molar-refractivity contribution >= 4 is 46.9 Å². The predicted molar refractivity (Wildman–Crippen MR) is 120 cm³/mol. The number of carbonyl (C=O) groups excluding carboxylic acids is 4. The molecule has 2 aliphatic heterocycles. The number of aromatic carboxylic acids is 2. The first-order valence-electron chi connectivity index (χ1n) is 10.2. The molecule has 0 bridgehead atoms. The van der Waals surface area contributed by atoms with Crippen molar-refractivity contribution in [3.8, 4) is 0 Å². The summed E-state index contributed by atoms with van der Waals surface area (Å²) in [5.74, 6) is -5.32. The number of anilines is 2.